The summed E-state index contributed by atoms with van der Waals surface area (Å²) in [6.45, 7) is 4.17. The number of pyridine rings is 1. The number of hydrogen-bond acceptors (Lipinski definition) is 4. The number of fused-ring (bicyclic) bond motifs is 3. The number of hydrogen-bond donors (Lipinski definition) is 1. The van der Waals surface area contributed by atoms with Crippen molar-refractivity contribution >= 4 is 28.0 Å². The van der Waals surface area contributed by atoms with Gasteiger partial charge in [0.05, 0.1) is 11.3 Å². The second-order valence-electron chi connectivity index (χ2n) is 5.55. The molecule has 0 radical (unpaired) electrons. The van der Waals surface area contributed by atoms with Gasteiger partial charge < -0.3 is 4.98 Å². The van der Waals surface area contributed by atoms with Gasteiger partial charge in [0.25, 0.3) is 5.56 Å². The maximum atomic E-state index is 12.4. The van der Waals surface area contributed by atoms with Crippen LogP contribution < -0.4 is 5.56 Å². The summed E-state index contributed by atoms with van der Waals surface area (Å²) in [5, 5.41) is 7.39. The fraction of sp³-hybridized carbons (Fsp3) is 0.188. The van der Waals surface area contributed by atoms with Crippen LogP contribution in [0.1, 0.15) is 25.5 Å². The third kappa shape index (κ3) is 1.95. The molecule has 0 spiro atoms. The number of thiophene rings is 1. The van der Waals surface area contributed by atoms with E-state index in [-0.39, 0.29) is 5.56 Å². The van der Waals surface area contributed by atoms with Crippen molar-refractivity contribution in [1.29, 1.82) is 0 Å². The average Bonchev–Trinajstić information content (AvgIpc) is 3.16. The zero-order valence-electron chi connectivity index (χ0n) is 12.2. The van der Waals surface area contributed by atoms with Crippen LogP contribution in [0.2, 0.25) is 0 Å². The summed E-state index contributed by atoms with van der Waals surface area (Å²) in [7, 11) is 0. The molecule has 0 aliphatic rings. The SMILES string of the molecule is CC(C)c1cc2ncc3cc(-c4cccs4)c(=O)[nH]c3n2n1. The summed E-state index contributed by atoms with van der Waals surface area (Å²) in [6.07, 6.45) is 1.78. The van der Waals surface area contributed by atoms with E-state index in [1.54, 1.807) is 22.0 Å². The topological polar surface area (TPSA) is 63.0 Å². The third-order valence-corrected chi connectivity index (χ3v) is 4.59. The van der Waals surface area contributed by atoms with Crippen LogP contribution in [0.3, 0.4) is 0 Å². The van der Waals surface area contributed by atoms with Crippen molar-refractivity contribution in [2.24, 2.45) is 0 Å². The predicted octanol–water partition coefficient (Wildman–Crippen LogP) is 3.42. The molecular weight excluding hydrogens is 296 g/mol. The van der Waals surface area contributed by atoms with E-state index in [2.05, 4.69) is 28.9 Å². The van der Waals surface area contributed by atoms with E-state index in [1.807, 2.05) is 29.6 Å². The lowest BCUT2D eigenvalue weighted by molar-refractivity contribution is 0.792. The number of aromatic nitrogens is 4. The Hall–Kier alpha value is -2.47. The summed E-state index contributed by atoms with van der Waals surface area (Å²) in [5.74, 6) is 0.314. The van der Waals surface area contributed by atoms with Gasteiger partial charge in [-0.25, -0.2) is 4.98 Å². The molecule has 0 amide bonds. The van der Waals surface area contributed by atoms with Crippen molar-refractivity contribution in [3.05, 3.63) is 51.9 Å². The quantitative estimate of drug-likeness (QED) is 0.617. The van der Waals surface area contributed by atoms with E-state index < -0.39 is 0 Å². The molecule has 22 heavy (non-hydrogen) atoms. The molecule has 1 N–H and O–H groups in total. The highest BCUT2D eigenvalue weighted by atomic mass is 32.1. The molecule has 4 aromatic rings. The Kier molecular flexibility index (Phi) is 2.87. The minimum absolute atomic E-state index is 0.107. The second kappa shape index (κ2) is 4.78. The maximum absolute atomic E-state index is 12.4. The van der Waals surface area contributed by atoms with Gasteiger partial charge in [-0.2, -0.15) is 9.61 Å². The van der Waals surface area contributed by atoms with Gasteiger partial charge in [-0.15, -0.1) is 11.3 Å². The minimum atomic E-state index is -0.107. The Morgan fingerprint density at radius 2 is 2.18 bits per heavy atom. The first-order valence-corrected chi connectivity index (χ1v) is 7.97. The summed E-state index contributed by atoms with van der Waals surface area (Å²) in [5.41, 5.74) is 2.95. The Labute approximate surface area is 130 Å². The molecule has 0 aromatic carbocycles. The standard InChI is InChI=1S/C16H14N4OS/c1-9(2)12-7-14-17-8-10-6-11(13-4-3-5-22-13)16(21)18-15(10)20(14)19-12/h3-9H,1-2H3,(H,18,21). The van der Waals surface area contributed by atoms with Crippen LogP contribution in [0.5, 0.6) is 0 Å². The molecule has 6 heteroatoms. The zero-order valence-corrected chi connectivity index (χ0v) is 13.0. The highest BCUT2D eigenvalue weighted by Gasteiger charge is 2.12. The van der Waals surface area contributed by atoms with Gasteiger partial charge >= 0.3 is 0 Å². The van der Waals surface area contributed by atoms with Gasteiger partial charge in [0.1, 0.15) is 5.65 Å². The molecule has 5 nitrogen and oxygen atoms in total. The van der Waals surface area contributed by atoms with E-state index in [4.69, 9.17) is 0 Å². The van der Waals surface area contributed by atoms with Gasteiger partial charge in [-0.1, -0.05) is 19.9 Å². The lowest BCUT2D eigenvalue weighted by atomic mass is 10.1. The molecule has 0 bridgehead atoms. The Balaban J connectivity index is 2.03. The smallest absolute Gasteiger partial charge is 0.258 e. The first-order valence-electron chi connectivity index (χ1n) is 7.09. The van der Waals surface area contributed by atoms with Gasteiger partial charge in [0, 0.05) is 22.5 Å². The lowest BCUT2D eigenvalue weighted by Crippen LogP contribution is -2.11. The Morgan fingerprint density at radius 1 is 1.32 bits per heavy atom. The predicted molar refractivity (Wildman–Crippen MR) is 88.5 cm³/mol. The molecule has 4 aromatic heterocycles. The number of nitrogens with zero attached hydrogens (tertiary/aromatic N) is 3. The molecule has 0 aliphatic carbocycles. The fourth-order valence-corrected chi connectivity index (χ4v) is 3.23. The Morgan fingerprint density at radius 3 is 2.91 bits per heavy atom. The van der Waals surface area contributed by atoms with E-state index in [0.717, 1.165) is 21.6 Å². The number of rotatable bonds is 2. The van der Waals surface area contributed by atoms with Crippen LogP contribution in [0, 0.1) is 0 Å². The van der Waals surface area contributed by atoms with Crippen molar-refractivity contribution in [2.45, 2.75) is 19.8 Å². The van der Waals surface area contributed by atoms with Crippen LogP contribution >= 0.6 is 11.3 Å². The number of nitrogens with one attached hydrogen (secondary N) is 1. The average molecular weight is 310 g/mol. The fourth-order valence-electron chi connectivity index (χ4n) is 2.49. The lowest BCUT2D eigenvalue weighted by Gasteiger charge is -2.03. The monoisotopic (exact) mass is 310 g/mol. The molecular formula is C16H14N4OS. The molecule has 0 unspecified atom stereocenters. The normalized spacial score (nSPS) is 11.8. The summed E-state index contributed by atoms with van der Waals surface area (Å²) >= 11 is 1.55. The highest BCUT2D eigenvalue weighted by molar-refractivity contribution is 7.13. The molecule has 0 aliphatic heterocycles. The molecule has 110 valence electrons. The molecule has 0 saturated heterocycles. The van der Waals surface area contributed by atoms with E-state index in [1.165, 1.54) is 0 Å². The van der Waals surface area contributed by atoms with Crippen molar-refractivity contribution in [2.75, 3.05) is 0 Å². The van der Waals surface area contributed by atoms with Crippen LogP contribution in [0.25, 0.3) is 27.1 Å². The van der Waals surface area contributed by atoms with Crippen molar-refractivity contribution < 1.29 is 0 Å². The number of aromatic amines is 1. The van der Waals surface area contributed by atoms with E-state index in [9.17, 15) is 4.79 Å². The summed E-state index contributed by atoms with van der Waals surface area (Å²) < 4.78 is 1.71. The molecule has 0 fully saturated rings. The Bertz CT molecular complexity index is 1030. The van der Waals surface area contributed by atoms with Crippen LogP contribution in [-0.2, 0) is 0 Å². The first kappa shape index (κ1) is 13.2. The molecule has 0 atom stereocenters. The summed E-state index contributed by atoms with van der Waals surface area (Å²) in [4.78, 5) is 20.8. The van der Waals surface area contributed by atoms with Crippen molar-refractivity contribution in [3.63, 3.8) is 0 Å². The molecule has 0 saturated carbocycles. The van der Waals surface area contributed by atoms with Gasteiger partial charge in [0.15, 0.2) is 5.65 Å². The van der Waals surface area contributed by atoms with Crippen molar-refractivity contribution in [1.82, 2.24) is 19.6 Å². The van der Waals surface area contributed by atoms with Crippen molar-refractivity contribution in [3.8, 4) is 10.4 Å². The third-order valence-electron chi connectivity index (χ3n) is 3.69. The van der Waals surface area contributed by atoms with Crippen LogP contribution in [0.4, 0.5) is 0 Å². The molecule has 4 rings (SSSR count). The highest BCUT2D eigenvalue weighted by Crippen LogP contribution is 2.24. The molecule has 4 heterocycles. The second-order valence-corrected chi connectivity index (χ2v) is 6.49. The van der Waals surface area contributed by atoms with Gasteiger partial charge in [-0.3, -0.25) is 4.79 Å². The zero-order chi connectivity index (χ0) is 15.3. The minimum Gasteiger partial charge on any atom is -0.306 e. The maximum Gasteiger partial charge on any atom is 0.258 e. The van der Waals surface area contributed by atoms with E-state index in [0.29, 0.717) is 17.1 Å². The van der Waals surface area contributed by atoms with Gasteiger partial charge in [-0.05, 0) is 23.4 Å². The van der Waals surface area contributed by atoms with Gasteiger partial charge in [0.2, 0.25) is 0 Å². The number of H-pyrrole nitrogens is 1. The first-order chi connectivity index (χ1) is 10.6. The van der Waals surface area contributed by atoms with E-state index >= 15 is 0 Å². The largest absolute Gasteiger partial charge is 0.306 e. The van der Waals surface area contributed by atoms with Crippen LogP contribution in [0.15, 0.2) is 40.6 Å². The van der Waals surface area contributed by atoms with Crippen LogP contribution in [-0.4, -0.2) is 19.6 Å². The summed E-state index contributed by atoms with van der Waals surface area (Å²) in [6, 6.07) is 7.71.